The number of alkyl halides is 1. The minimum Gasteiger partial charge on any atom is -1.00 e. The van der Waals surface area contributed by atoms with Crippen molar-refractivity contribution in [2.45, 2.75) is 95.4 Å². The molecule has 9 aromatic carbocycles. The molecule has 658 valence electrons. The van der Waals surface area contributed by atoms with Crippen LogP contribution in [0.5, 0.6) is 34.5 Å². The number of fused-ring (bicyclic) bond motifs is 7. The number of hydrogen-bond donors (Lipinski definition) is 1. The van der Waals surface area contributed by atoms with Crippen molar-refractivity contribution in [3.05, 3.63) is 451 Å². The zero-order valence-corrected chi connectivity index (χ0v) is 75.0. The molecule has 7 heterocycles. The van der Waals surface area contributed by atoms with Crippen molar-refractivity contribution in [3.63, 3.8) is 0 Å². The van der Waals surface area contributed by atoms with Crippen LogP contribution in [0.15, 0.2) is 351 Å². The Hall–Kier alpha value is -13.8. The standard InChI is InChI=1S/C35H34FN3O4.C33H30FN3O4.C19H21N3O3.C16H14ClFO.Na.H/c1-4-21-42-31-22-27(36)17-18-29(31)32(26-15-11-8-12-16-26)39-24-37(28(5-2)6-3)35(41)33-34(30(40)19-20-38(33)39)43-23-25-13-9-7-10-14-25;1-2-26-14-9-19-40-29-20-25(34)15-16-27(29)30(24-12-7-4-8-13-24)37-22-35(26)33(39)31-32(28(38)17-18-36(31)37)41-21-23-10-5-3-6-11-23;1-3-15(4-2)21-13-20-22-11-10-16(23)18(17(22)19(21)24)25-12-14-8-6-5-7-9-14;1-2-10-19-15-11-13(18)8-9-14(15)16(17)12-6-4-3-5-7-12;;/h4-5,7-20,22,28,32H,1-2,6,21,23-24H2,3H3;3-18,20,26,30H,2,19,21-22H2,1H3;3,5-11,15,20H,1,4,12-13H2,2H3;2-9,11,16H,1,10H2;;/q;;;;+1;-1/b;14-9+;;;;. The third kappa shape index (κ3) is 22.4. The van der Waals surface area contributed by atoms with Crippen LogP contribution in [0.2, 0.25) is 0 Å². The van der Waals surface area contributed by atoms with Gasteiger partial charge < -0.3 is 50.0 Å². The Morgan fingerprint density at radius 2 is 0.946 bits per heavy atom. The SMILES string of the molecule is C=CC(CC)N1CNn2ccc(=O)c(OCc3ccccc3)c2C1=O.C=CCOc1cc(F)ccc1C(Cl)c1ccccc1.C=CCOc1cc(F)ccc1C(c1ccccc1)N1CN(C(C=C)CC)C(=O)c2c(OCc3ccccc3)c(=O)ccn21.CCC1/C=C/COc2cc(F)ccc2C(c2ccccc2)N2CN1C(=O)c1c(OCc3ccccc3)c(=O)ccn12.[H-].[Na+]. The molecular weight excluding hydrogens is 1670 g/mol. The van der Waals surface area contributed by atoms with E-state index in [9.17, 15) is 41.9 Å². The second-order valence-electron chi connectivity index (χ2n) is 30.0. The maximum Gasteiger partial charge on any atom is 1.00 e. The van der Waals surface area contributed by atoms with Gasteiger partial charge in [-0.15, -0.1) is 24.8 Å². The Balaban J connectivity index is 0.000000174. The number of carbonyl (C=O) groups is 3. The van der Waals surface area contributed by atoms with Gasteiger partial charge in [-0.2, -0.15) is 0 Å². The molecule has 6 atom stereocenters. The summed E-state index contributed by atoms with van der Waals surface area (Å²) in [6.07, 6.45) is 17.2. The number of pyridine rings is 3. The van der Waals surface area contributed by atoms with E-state index in [2.05, 4.69) is 31.7 Å². The normalized spacial score (nSPS) is 15.2. The van der Waals surface area contributed by atoms with Crippen molar-refractivity contribution in [1.29, 1.82) is 0 Å². The van der Waals surface area contributed by atoms with Gasteiger partial charge in [-0.3, -0.25) is 52.8 Å². The predicted molar refractivity (Wildman–Crippen MR) is 493 cm³/mol. The average Bonchev–Trinajstić information content (AvgIpc) is 0.815. The van der Waals surface area contributed by atoms with E-state index in [0.717, 1.165) is 50.9 Å². The number of amides is 3. The first-order valence-corrected chi connectivity index (χ1v) is 42.5. The minimum atomic E-state index is -0.553. The van der Waals surface area contributed by atoms with E-state index >= 15 is 0 Å². The van der Waals surface area contributed by atoms with Gasteiger partial charge >= 0.3 is 29.6 Å². The molecule has 0 fully saturated rings. The fourth-order valence-corrected chi connectivity index (χ4v) is 15.8. The van der Waals surface area contributed by atoms with Gasteiger partial charge in [0.1, 0.15) is 106 Å². The second kappa shape index (κ2) is 45.6. The molecule has 16 rings (SSSR count). The van der Waals surface area contributed by atoms with Gasteiger partial charge in [0, 0.05) is 71.7 Å². The van der Waals surface area contributed by atoms with Gasteiger partial charge in [-0.25, -0.2) is 13.2 Å². The number of aromatic nitrogens is 3. The third-order valence-corrected chi connectivity index (χ3v) is 22.4. The Morgan fingerprint density at radius 3 is 1.47 bits per heavy atom. The maximum absolute atomic E-state index is 14.5. The van der Waals surface area contributed by atoms with Crippen molar-refractivity contribution < 1.29 is 87.0 Å². The molecule has 0 saturated carbocycles. The summed E-state index contributed by atoms with van der Waals surface area (Å²) in [5.41, 5.74) is 10.0. The summed E-state index contributed by atoms with van der Waals surface area (Å²) in [5, 5.41) is 3.59. The summed E-state index contributed by atoms with van der Waals surface area (Å²) in [5.74, 6) is -0.877. The maximum atomic E-state index is 14.5. The molecule has 4 aliphatic rings. The van der Waals surface area contributed by atoms with Crippen LogP contribution in [0.3, 0.4) is 0 Å². The van der Waals surface area contributed by atoms with Crippen molar-refractivity contribution in [3.8, 4) is 34.5 Å². The van der Waals surface area contributed by atoms with Crippen LogP contribution < -0.4 is 89.7 Å². The van der Waals surface area contributed by atoms with Crippen molar-refractivity contribution in [2.24, 2.45) is 0 Å². The van der Waals surface area contributed by atoms with Gasteiger partial charge in [0.2, 0.25) is 16.3 Å². The largest absolute Gasteiger partial charge is 1.00 e. The Kier molecular flexibility index (Phi) is 33.3. The van der Waals surface area contributed by atoms with Crippen LogP contribution in [0.4, 0.5) is 13.2 Å². The van der Waals surface area contributed by atoms with E-state index in [4.69, 9.17) is 40.0 Å². The zero-order valence-electron chi connectivity index (χ0n) is 73.2. The number of ether oxygens (including phenoxy) is 6. The summed E-state index contributed by atoms with van der Waals surface area (Å²) in [7, 11) is 0. The number of nitrogens with one attached hydrogen (secondary N) is 1. The summed E-state index contributed by atoms with van der Waals surface area (Å²) in [4.78, 5) is 85.3. The van der Waals surface area contributed by atoms with Crippen LogP contribution in [0.25, 0.3) is 0 Å². The summed E-state index contributed by atoms with van der Waals surface area (Å²) in [6, 6.07) is 73.4. The zero-order chi connectivity index (χ0) is 90.2. The summed E-state index contributed by atoms with van der Waals surface area (Å²) in [6.45, 7) is 22.9. The van der Waals surface area contributed by atoms with Crippen LogP contribution in [0, 0.1) is 17.5 Å². The first kappa shape index (κ1) is 94.4. The molecule has 0 saturated heterocycles. The fraction of sp³-hybridized carbons (Fsp3) is 0.204. The van der Waals surface area contributed by atoms with E-state index in [1.165, 1.54) is 54.6 Å². The first-order valence-electron chi connectivity index (χ1n) is 42.1. The number of hydrogen-bond acceptors (Lipinski definition) is 15. The van der Waals surface area contributed by atoms with Gasteiger partial charge in [-0.1, -0.05) is 252 Å². The molecule has 12 aromatic rings. The molecule has 4 aliphatic heterocycles. The third-order valence-electron chi connectivity index (χ3n) is 21.9. The Bertz CT molecular complexity index is 6110. The Labute approximate surface area is 776 Å². The molecule has 0 aliphatic carbocycles. The van der Waals surface area contributed by atoms with Crippen LogP contribution in [-0.2, 0) is 19.8 Å². The van der Waals surface area contributed by atoms with Crippen LogP contribution in [-0.4, -0.2) is 104 Å². The smallest absolute Gasteiger partial charge is 1.00 e. The molecule has 26 heteroatoms. The molecule has 3 amide bonds. The molecule has 6 unspecified atom stereocenters. The van der Waals surface area contributed by atoms with Crippen molar-refractivity contribution in [1.82, 2.24) is 28.7 Å². The van der Waals surface area contributed by atoms with Crippen molar-refractivity contribution in [2.75, 3.05) is 55.3 Å². The summed E-state index contributed by atoms with van der Waals surface area (Å²) < 4.78 is 82.7. The van der Waals surface area contributed by atoms with Gasteiger partial charge in [0.25, 0.3) is 17.7 Å². The fourth-order valence-electron chi connectivity index (χ4n) is 15.5. The Morgan fingerprint density at radius 1 is 0.496 bits per heavy atom. The predicted octanol–water partition coefficient (Wildman–Crippen LogP) is 15.9. The number of carbonyl (C=O) groups excluding carboxylic acids is 3. The number of benzene rings is 9. The minimum absolute atomic E-state index is 0. The van der Waals surface area contributed by atoms with E-state index in [1.54, 1.807) is 89.8 Å². The molecule has 129 heavy (non-hydrogen) atoms. The van der Waals surface area contributed by atoms with E-state index in [0.29, 0.717) is 48.9 Å². The molecule has 2 bridgehead atoms. The molecular formula is C103H100ClF3N9NaO12. The quantitative estimate of drug-likeness (QED) is 0.0275. The topological polar surface area (TPSA) is 201 Å². The first-order chi connectivity index (χ1) is 62.4. The average molecular weight is 1770 g/mol. The van der Waals surface area contributed by atoms with Crippen LogP contribution >= 0.6 is 11.6 Å². The molecule has 1 N–H and O–H groups in total. The number of halogens is 4. The molecule has 0 radical (unpaired) electrons. The molecule has 21 nitrogen and oxygen atoms in total. The summed E-state index contributed by atoms with van der Waals surface area (Å²) >= 11 is 6.44. The van der Waals surface area contributed by atoms with Gasteiger partial charge in [0.15, 0.2) is 34.3 Å². The van der Waals surface area contributed by atoms with Crippen molar-refractivity contribution >= 4 is 29.3 Å². The van der Waals surface area contributed by atoms with E-state index in [-0.39, 0.29) is 170 Å². The van der Waals surface area contributed by atoms with E-state index < -0.39 is 29.1 Å². The molecule has 0 spiro atoms. The monoisotopic (exact) mass is 1770 g/mol. The van der Waals surface area contributed by atoms with Gasteiger partial charge in [-0.05, 0) is 89.1 Å². The number of rotatable bonds is 28. The van der Waals surface area contributed by atoms with E-state index in [1.807, 2.05) is 225 Å². The molecule has 3 aromatic heterocycles. The van der Waals surface area contributed by atoms with Gasteiger partial charge in [0.05, 0.1) is 23.5 Å². The second-order valence-corrected chi connectivity index (χ2v) is 30.5. The number of nitrogens with zero attached hydrogens (tertiary/aromatic N) is 8. The van der Waals surface area contributed by atoms with Crippen LogP contribution in [0.1, 0.15) is 140 Å².